The molecule has 0 radical (unpaired) electrons. The molecule has 3 rings (SSSR count). The molecular formula is C21H25NO3. The molecule has 1 fully saturated rings. The SMILES string of the molecule is COc1cccc(C(Cc2ccccc2)C(=O)NCC2CCCO2)c1. The lowest BCUT2D eigenvalue weighted by Gasteiger charge is -2.19. The molecule has 2 aromatic carbocycles. The molecule has 1 N–H and O–H groups in total. The van der Waals surface area contributed by atoms with Gasteiger partial charge in [0, 0.05) is 13.2 Å². The highest BCUT2D eigenvalue weighted by Crippen LogP contribution is 2.25. The van der Waals surface area contributed by atoms with Crippen LogP contribution >= 0.6 is 0 Å². The number of carbonyl (C=O) groups excluding carboxylic acids is 1. The van der Waals surface area contributed by atoms with Crippen molar-refractivity contribution in [3.8, 4) is 5.75 Å². The van der Waals surface area contributed by atoms with Crippen molar-refractivity contribution in [2.45, 2.75) is 31.3 Å². The number of ether oxygens (including phenoxy) is 2. The van der Waals surface area contributed by atoms with E-state index in [2.05, 4.69) is 17.4 Å². The van der Waals surface area contributed by atoms with E-state index >= 15 is 0 Å². The molecule has 0 aromatic heterocycles. The van der Waals surface area contributed by atoms with E-state index in [1.807, 2.05) is 42.5 Å². The van der Waals surface area contributed by atoms with Crippen molar-refractivity contribution in [1.29, 1.82) is 0 Å². The second kappa shape index (κ2) is 8.67. The van der Waals surface area contributed by atoms with Gasteiger partial charge in [-0.3, -0.25) is 4.79 Å². The molecule has 0 saturated carbocycles. The van der Waals surface area contributed by atoms with Gasteiger partial charge in [0.05, 0.1) is 19.1 Å². The summed E-state index contributed by atoms with van der Waals surface area (Å²) >= 11 is 0. The minimum absolute atomic E-state index is 0.0348. The van der Waals surface area contributed by atoms with Crippen LogP contribution in [0.25, 0.3) is 0 Å². The van der Waals surface area contributed by atoms with Gasteiger partial charge in [0.25, 0.3) is 0 Å². The summed E-state index contributed by atoms with van der Waals surface area (Å²) in [5.41, 5.74) is 2.11. The summed E-state index contributed by atoms with van der Waals surface area (Å²) in [6, 6.07) is 17.9. The molecule has 132 valence electrons. The van der Waals surface area contributed by atoms with E-state index in [0.717, 1.165) is 36.3 Å². The molecule has 1 heterocycles. The highest BCUT2D eigenvalue weighted by molar-refractivity contribution is 5.84. The molecule has 2 atom stereocenters. The monoisotopic (exact) mass is 339 g/mol. The van der Waals surface area contributed by atoms with Crippen molar-refractivity contribution in [2.24, 2.45) is 0 Å². The minimum Gasteiger partial charge on any atom is -0.497 e. The number of amides is 1. The molecule has 0 bridgehead atoms. The van der Waals surface area contributed by atoms with Crippen LogP contribution in [0, 0.1) is 0 Å². The Morgan fingerprint density at radius 1 is 1.24 bits per heavy atom. The normalized spacial score (nSPS) is 17.9. The first-order valence-electron chi connectivity index (χ1n) is 8.83. The van der Waals surface area contributed by atoms with Crippen LogP contribution in [0.2, 0.25) is 0 Å². The van der Waals surface area contributed by atoms with E-state index in [-0.39, 0.29) is 17.9 Å². The van der Waals surface area contributed by atoms with Crippen molar-refractivity contribution in [3.05, 3.63) is 65.7 Å². The summed E-state index contributed by atoms with van der Waals surface area (Å²) in [4.78, 5) is 12.9. The fraction of sp³-hybridized carbons (Fsp3) is 0.381. The number of hydrogen-bond acceptors (Lipinski definition) is 3. The minimum atomic E-state index is -0.251. The molecule has 0 spiro atoms. The van der Waals surface area contributed by atoms with Gasteiger partial charge in [-0.05, 0) is 42.5 Å². The number of benzene rings is 2. The van der Waals surface area contributed by atoms with E-state index in [4.69, 9.17) is 9.47 Å². The van der Waals surface area contributed by atoms with E-state index in [9.17, 15) is 4.79 Å². The standard InChI is InChI=1S/C21H25NO3/c1-24-18-10-5-9-17(14-18)20(13-16-7-3-2-4-8-16)21(23)22-15-19-11-6-12-25-19/h2-5,7-10,14,19-20H,6,11-13,15H2,1H3,(H,22,23). The highest BCUT2D eigenvalue weighted by Gasteiger charge is 2.23. The van der Waals surface area contributed by atoms with Gasteiger partial charge in [0.2, 0.25) is 5.91 Å². The Morgan fingerprint density at radius 3 is 2.80 bits per heavy atom. The highest BCUT2D eigenvalue weighted by atomic mass is 16.5. The van der Waals surface area contributed by atoms with Crippen LogP contribution in [0.1, 0.15) is 29.9 Å². The van der Waals surface area contributed by atoms with E-state index in [1.165, 1.54) is 0 Å². The van der Waals surface area contributed by atoms with Gasteiger partial charge in [-0.15, -0.1) is 0 Å². The second-order valence-electron chi connectivity index (χ2n) is 6.40. The first-order valence-corrected chi connectivity index (χ1v) is 8.83. The predicted molar refractivity (Wildman–Crippen MR) is 97.9 cm³/mol. The maximum absolute atomic E-state index is 12.9. The van der Waals surface area contributed by atoms with Gasteiger partial charge in [-0.2, -0.15) is 0 Å². The van der Waals surface area contributed by atoms with Crippen molar-refractivity contribution in [2.75, 3.05) is 20.3 Å². The largest absolute Gasteiger partial charge is 0.497 e. The maximum atomic E-state index is 12.9. The molecule has 1 amide bonds. The summed E-state index contributed by atoms with van der Waals surface area (Å²) in [5.74, 6) is 0.550. The van der Waals surface area contributed by atoms with Crippen LogP contribution < -0.4 is 10.1 Å². The summed E-state index contributed by atoms with van der Waals surface area (Å²) < 4.78 is 10.9. The summed E-state index contributed by atoms with van der Waals surface area (Å²) in [6.07, 6.45) is 2.89. The quantitative estimate of drug-likeness (QED) is 0.842. The molecule has 4 heteroatoms. The number of nitrogens with one attached hydrogen (secondary N) is 1. The van der Waals surface area contributed by atoms with Crippen molar-refractivity contribution < 1.29 is 14.3 Å². The van der Waals surface area contributed by atoms with Crippen LogP contribution in [-0.4, -0.2) is 32.3 Å². The Labute approximate surface area is 149 Å². The average molecular weight is 339 g/mol. The van der Waals surface area contributed by atoms with Crippen molar-refractivity contribution in [1.82, 2.24) is 5.32 Å². The third-order valence-electron chi connectivity index (χ3n) is 4.62. The van der Waals surface area contributed by atoms with Crippen LogP contribution in [0.5, 0.6) is 5.75 Å². The molecule has 2 aromatic rings. The zero-order valence-electron chi connectivity index (χ0n) is 14.6. The molecule has 1 saturated heterocycles. The Hall–Kier alpha value is -2.33. The topological polar surface area (TPSA) is 47.6 Å². The molecular weight excluding hydrogens is 314 g/mol. The zero-order chi connectivity index (χ0) is 17.5. The first kappa shape index (κ1) is 17.5. The number of rotatable bonds is 7. The van der Waals surface area contributed by atoms with Crippen LogP contribution in [0.3, 0.4) is 0 Å². The van der Waals surface area contributed by atoms with Gasteiger partial charge in [-0.1, -0.05) is 42.5 Å². The first-order chi connectivity index (χ1) is 12.3. The van der Waals surface area contributed by atoms with E-state index < -0.39 is 0 Å². The lowest BCUT2D eigenvalue weighted by Crippen LogP contribution is -2.36. The summed E-state index contributed by atoms with van der Waals surface area (Å²) in [7, 11) is 1.64. The predicted octanol–water partition coefficient (Wildman–Crippen LogP) is 3.32. The van der Waals surface area contributed by atoms with Gasteiger partial charge in [-0.25, -0.2) is 0 Å². The van der Waals surface area contributed by atoms with Gasteiger partial charge in [0.15, 0.2) is 0 Å². The number of carbonyl (C=O) groups is 1. The van der Waals surface area contributed by atoms with Crippen LogP contribution in [0.15, 0.2) is 54.6 Å². The van der Waals surface area contributed by atoms with Gasteiger partial charge < -0.3 is 14.8 Å². The molecule has 2 unspecified atom stereocenters. The Morgan fingerprint density at radius 2 is 2.08 bits per heavy atom. The fourth-order valence-electron chi connectivity index (χ4n) is 3.21. The van der Waals surface area contributed by atoms with Crippen molar-refractivity contribution in [3.63, 3.8) is 0 Å². The Balaban J connectivity index is 1.76. The maximum Gasteiger partial charge on any atom is 0.227 e. The van der Waals surface area contributed by atoms with E-state index in [0.29, 0.717) is 13.0 Å². The Bertz CT molecular complexity index is 681. The van der Waals surface area contributed by atoms with E-state index in [1.54, 1.807) is 7.11 Å². The molecule has 25 heavy (non-hydrogen) atoms. The molecule has 1 aliphatic heterocycles. The van der Waals surface area contributed by atoms with Crippen molar-refractivity contribution >= 4 is 5.91 Å². The number of hydrogen-bond donors (Lipinski definition) is 1. The third-order valence-corrected chi connectivity index (χ3v) is 4.62. The van der Waals surface area contributed by atoms with Gasteiger partial charge in [0.1, 0.15) is 5.75 Å². The lowest BCUT2D eigenvalue weighted by molar-refractivity contribution is -0.123. The smallest absolute Gasteiger partial charge is 0.227 e. The fourth-order valence-corrected chi connectivity index (χ4v) is 3.21. The summed E-state index contributed by atoms with van der Waals surface area (Å²) in [6.45, 7) is 1.37. The van der Waals surface area contributed by atoms with Gasteiger partial charge >= 0.3 is 0 Å². The lowest BCUT2D eigenvalue weighted by atomic mass is 9.91. The zero-order valence-corrected chi connectivity index (χ0v) is 14.6. The average Bonchev–Trinajstić information content (AvgIpc) is 3.18. The second-order valence-corrected chi connectivity index (χ2v) is 6.40. The number of methoxy groups -OCH3 is 1. The molecule has 4 nitrogen and oxygen atoms in total. The third kappa shape index (κ3) is 4.83. The summed E-state index contributed by atoms with van der Waals surface area (Å²) in [5, 5.41) is 3.08. The van der Waals surface area contributed by atoms with Crippen LogP contribution in [-0.2, 0) is 16.0 Å². The molecule has 1 aliphatic rings. The van der Waals surface area contributed by atoms with Crippen LogP contribution in [0.4, 0.5) is 0 Å². The molecule has 0 aliphatic carbocycles. The Kier molecular flexibility index (Phi) is 6.07.